The maximum absolute atomic E-state index is 12.8. The number of imide groups is 1. The zero-order chi connectivity index (χ0) is 23.7. The average molecular weight is 434 g/mol. The van der Waals surface area contributed by atoms with Crippen molar-refractivity contribution < 1.29 is 29.4 Å². The highest BCUT2D eigenvalue weighted by Crippen LogP contribution is 2.17. The number of carboxylic acids is 2. The van der Waals surface area contributed by atoms with Gasteiger partial charge in [0, 0.05) is 12.0 Å². The zero-order valence-electron chi connectivity index (χ0n) is 17.7. The number of nitrogens with two attached hydrogens (primary N) is 2. The molecule has 1 rings (SSSR count). The van der Waals surface area contributed by atoms with E-state index in [-0.39, 0.29) is 12.3 Å². The molecule has 0 spiro atoms. The molecular formula is C21H30N4O6. The summed E-state index contributed by atoms with van der Waals surface area (Å²) in [5, 5.41) is 25.8. The molecule has 1 aromatic rings. The van der Waals surface area contributed by atoms with Crippen LogP contribution in [-0.2, 0) is 25.6 Å². The van der Waals surface area contributed by atoms with E-state index in [1.807, 2.05) is 12.1 Å². The highest BCUT2D eigenvalue weighted by atomic mass is 16.4. The smallest absolute Gasteiger partial charge is 0.327 e. The number of amidine groups is 1. The molecule has 10 heteroatoms. The third-order valence-corrected chi connectivity index (χ3v) is 4.75. The molecule has 0 aliphatic carbocycles. The van der Waals surface area contributed by atoms with E-state index < -0.39 is 48.2 Å². The number of nitrogens with one attached hydrogen (secondary N) is 1. The molecule has 2 atom stereocenters. The van der Waals surface area contributed by atoms with Gasteiger partial charge in [-0.1, -0.05) is 38.1 Å². The first kappa shape index (κ1) is 25.8. The number of carbonyl (C=O) groups excluding carboxylic acids is 2. The van der Waals surface area contributed by atoms with Crippen LogP contribution < -0.4 is 11.5 Å². The fourth-order valence-electron chi connectivity index (χ4n) is 3.14. The molecule has 31 heavy (non-hydrogen) atoms. The monoisotopic (exact) mass is 434 g/mol. The van der Waals surface area contributed by atoms with Gasteiger partial charge in [0.15, 0.2) is 0 Å². The van der Waals surface area contributed by atoms with Crippen LogP contribution in [0.1, 0.15) is 50.7 Å². The number of rotatable bonds is 12. The average Bonchev–Trinajstić information content (AvgIpc) is 2.67. The van der Waals surface area contributed by atoms with E-state index in [4.69, 9.17) is 22.0 Å². The van der Waals surface area contributed by atoms with Crippen LogP contribution in [-0.4, -0.2) is 56.8 Å². The Labute approximate surface area is 180 Å². The van der Waals surface area contributed by atoms with Crippen LogP contribution >= 0.6 is 0 Å². The molecule has 0 aliphatic heterocycles. The van der Waals surface area contributed by atoms with Gasteiger partial charge < -0.3 is 21.7 Å². The first-order valence-corrected chi connectivity index (χ1v) is 9.95. The predicted octanol–water partition coefficient (Wildman–Crippen LogP) is 0.950. The minimum atomic E-state index is -1.51. The molecule has 0 saturated carbocycles. The van der Waals surface area contributed by atoms with E-state index in [9.17, 15) is 24.3 Å². The SMILES string of the molecule is CC(C)[C@@H](C(=O)O)N(C(=O)CCCCc1ccc(C(=N)N)cc1)C(=O)[C@@H](N)CC(=O)O. The molecule has 0 fully saturated rings. The highest BCUT2D eigenvalue weighted by Gasteiger charge is 2.39. The van der Waals surface area contributed by atoms with E-state index in [2.05, 4.69) is 0 Å². The Hall–Kier alpha value is -3.27. The van der Waals surface area contributed by atoms with Crippen molar-refractivity contribution in [3.63, 3.8) is 0 Å². The maximum atomic E-state index is 12.8. The van der Waals surface area contributed by atoms with E-state index in [1.165, 1.54) is 0 Å². The Morgan fingerprint density at radius 3 is 2.10 bits per heavy atom. The summed E-state index contributed by atoms with van der Waals surface area (Å²) < 4.78 is 0. The van der Waals surface area contributed by atoms with Gasteiger partial charge in [-0.2, -0.15) is 0 Å². The quantitative estimate of drug-likeness (QED) is 0.182. The third-order valence-electron chi connectivity index (χ3n) is 4.75. The number of unbranched alkanes of at least 4 members (excludes halogenated alkanes) is 1. The standard InChI is InChI=1S/C21H30N4O6/c1-12(2)18(21(30)31)25(20(29)15(22)11-17(27)28)16(26)6-4-3-5-13-7-9-14(10-8-13)19(23)24/h7-10,12,15,18H,3-6,11,22H2,1-2H3,(H3,23,24)(H,27,28)(H,30,31)/t15-,18-/m0/s1. The van der Waals surface area contributed by atoms with Gasteiger partial charge >= 0.3 is 11.9 Å². The largest absolute Gasteiger partial charge is 0.481 e. The Morgan fingerprint density at radius 1 is 1.06 bits per heavy atom. The Balaban J connectivity index is 2.82. The summed E-state index contributed by atoms with van der Waals surface area (Å²) in [4.78, 5) is 48.6. The second kappa shape index (κ2) is 11.8. The summed E-state index contributed by atoms with van der Waals surface area (Å²) in [7, 11) is 0. The molecule has 0 heterocycles. The molecule has 0 unspecified atom stereocenters. The molecule has 1 aromatic carbocycles. The van der Waals surface area contributed by atoms with Gasteiger partial charge in [0.2, 0.25) is 11.8 Å². The first-order chi connectivity index (χ1) is 14.5. The first-order valence-electron chi connectivity index (χ1n) is 9.95. The molecule has 0 radical (unpaired) electrons. The third kappa shape index (κ3) is 7.82. The van der Waals surface area contributed by atoms with Gasteiger partial charge in [0.05, 0.1) is 12.5 Å². The lowest BCUT2D eigenvalue weighted by molar-refractivity contribution is -0.161. The van der Waals surface area contributed by atoms with Crippen LogP contribution in [0.4, 0.5) is 0 Å². The maximum Gasteiger partial charge on any atom is 0.327 e. The van der Waals surface area contributed by atoms with Crippen molar-refractivity contribution in [3.8, 4) is 0 Å². The number of carboxylic acid groups (broad SMARTS) is 2. The van der Waals surface area contributed by atoms with E-state index in [0.29, 0.717) is 29.7 Å². The van der Waals surface area contributed by atoms with Gasteiger partial charge in [-0.25, -0.2) is 4.79 Å². The van der Waals surface area contributed by atoms with Crippen molar-refractivity contribution in [2.45, 2.75) is 58.0 Å². The molecule has 0 bridgehead atoms. The summed E-state index contributed by atoms with van der Waals surface area (Å²) in [6.45, 7) is 3.11. The van der Waals surface area contributed by atoms with Crippen molar-refractivity contribution >= 4 is 29.6 Å². The summed E-state index contributed by atoms with van der Waals surface area (Å²) in [6.07, 6.45) is 0.866. The molecule has 170 valence electrons. The lowest BCUT2D eigenvalue weighted by Crippen LogP contribution is -2.56. The van der Waals surface area contributed by atoms with Crippen molar-refractivity contribution in [2.75, 3.05) is 0 Å². The molecule has 2 amide bonds. The predicted molar refractivity (Wildman–Crippen MR) is 113 cm³/mol. The topological polar surface area (TPSA) is 188 Å². The van der Waals surface area contributed by atoms with Gasteiger partial charge in [-0.05, 0) is 30.7 Å². The van der Waals surface area contributed by atoms with Crippen molar-refractivity contribution in [1.29, 1.82) is 5.41 Å². The Kier molecular flexibility index (Phi) is 9.81. The number of benzene rings is 1. The van der Waals surface area contributed by atoms with Crippen LogP contribution in [0.5, 0.6) is 0 Å². The minimum Gasteiger partial charge on any atom is -0.481 e. The second-order valence-corrected chi connectivity index (χ2v) is 7.65. The lowest BCUT2D eigenvalue weighted by Gasteiger charge is -2.31. The summed E-state index contributed by atoms with van der Waals surface area (Å²) in [6, 6.07) is 4.18. The molecule has 0 saturated heterocycles. The Bertz CT molecular complexity index is 822. The molecule has 0 aromatic heterocycles. The summed E-state index contributed by atoms with van der Waals surface area (Å²) in [5.41, 5.74) is 12.6. The van der Waals surface area contributed by atoms with Gasteiger partial charge in [-0.15, -0.1) is 0 Å². The van der Waals surface area contributed by atoms with Crippen LogP contribution in [0.15, 0.2) is 24.3 Å². The van der Waals surface area contributed by atoms with Crippen LogP contribution in [0.25, 0.3) is 0 Å². The number of hydrogen-bond acceptors (Lipinski definition) is 6. The van der Waals surface area contributed by atoms with Crippen LogP contribution in [0.2, 0.25) is 0 Å². The number of nitrogen functional groups attached to an aromatic ring is 1. The van der Waals surface area contributed by atoms with Crippen molar-refractivity contribution in [2.24, 2.45) is 17.4 Å². The van der Waals surface area contributed by atoms with E-state index in [0.717, 1.165) is 5.56 Å². The molecule has 0 aliphatic rings. The van der Waals surface area contributed by atoms with E-state index in [1.54, 1.807) is 26.0 Å². The Morgan fingerprint density at radius 2 is 1.65 bits per heavy atom. The number of aryl methyl sites for hydroxylation is 1. The molecule has 10 nitrogen and oxygen atoms in total. The molecular weight excluding hydrogens is 404 g/mol. The number of hydrogen-bond donors (Lipinski definition) is 5. The minimum absolute atomic E-state index is 0.0267. The lowest BCUT2D eigenvalue weighted by atomic mass is 9.99. The van der Waals surface area contributed by atoms with Crippen LogP contribution in [0, 0.1) is 11.3 Å². The number of carbonyl (C=O) groups is 4. The normalized spacial score (nSPS) is 12.8. The van der Waals surface area contributed by atoms with E-state index >= 15 is 0 Å². The number of aliphatic carboxylic acids is 2. The molecule has 7 N–H and O–H groups in total. The second-order valence-electron chi connectivity index (χ2n) is 7.65. The number of nitrogens with zero attached hydrogens (tertiary/aromatic N) is 1. The van der Waals surface area contributed by atoms with Crippen molar-refractivity contribution in [1.82, 2.24) is 4.90 Å². The van der Waals surface area contributed by atoms with Gasteiger partial charge in [-0.3, -0.25) is 24.7 Å². The van der Waals surface area contributed by atoms with Gasteiger partial charge in [0.25, 0.3) is 0 Å². The van der Waals surface area contributed by atoms with Crippen LogP contribution in [0.3, 0.4) is 0 Å². The van der Waals surface area contributed by atoms with Gasteiger partial charge in [0.1, 0.15) is 11.9 Å². The highest BCUT2D eigenvalue weighted by molar-refractivity contribution is 6.02. The van der Waals surface area contributed by atoms with Crippen molar-refractivity contribution in [3.05, 3.63) is 35.4 Å². The summed E-state index contributed by atoms with van der Waals surface area (Å²) in [5.74, 6) is -4.99. The number of amides is 2. The fourth-order valence-corrected chi connectivity index (χ4v) is 3.14. The summed E-state index contributed by atoms with van der Waals surface area (Å²) >= 11 is 0. The fraction of sp³-hybridized carbons (Fsp3) is 0.476. The zero-order valence-corrected chi connectivity index (χ0v) is 17.7.